The van der Waals surface area contributed by atoms with Crippen LogP contribution in [0.25, 0.3) is 0 Å². The lowest BCUT2D eigenvalue weighted by Gasteiger charge is -2.45. The van der Waals surface area contributed by atoms with Gasteiger partial charge in [0.05, 0.1) is 25.8 Å². The number of nitrogens with zero attached hydrogens (tertiary/aromatic N) is 3. The van der Waals surface area contributed by atoms with E-state index < -0.39 is 0 Å². The Kier molecular flexibility index (Phi) is 7.44. The average molecular weight is 476 g/mol. The number of benzene rings is 2. The van der Waals surface area contributed by atoms with Gasteiger partial charge in [0.1, 0.15) is 6.67 Å². The second kappa shape index (κ2) is 10.7. The molecule has 184 valence electrons. The van der Waals surface area contributed by atoms with E-state index in [2.05, 4.69) is 36.2 Å². The lowest BCUT2D eigenvalue weighted by Crippen LogP contribution is -2.57. The van der Waals surface area contributed by atoms with Crippen LogP contribution in [0.2, 0.25) is 0 Å². The van der Waals surface area contributed by atoms with Crippen molar-refractivity contribution < 1.29 is 14.3 Å². The SMILES string of the molecule is CCCCOc1c2n(c(OC)cc1=O)N(C(c1ccccc1)c1ccccc1)CN(C(C)C)C2=O. The van der Waals surface area contributed by atoms with Crippen LogP contribution in [0.1, 0.15) is 61.3 Å². The van der Waals surface area contributed by atoms with Crippen molar-refractivity contribution in [3.8, 4) is 11.6 Å². The van der Waals surface area contributed by atoms with Crippen molar-refractivity contribution in [2.75, 3.05) is 25.4 Å². The number of unbranched alkanes of at least 4 members (excludes halogenated alkanes) is 1. The largest absolute Gasteiger partial charge is 0.487 e. The number of carbonyl (C=O) groups excluding carboxylic acids is 1. The highest BCUT2D eigenvalue weighted by atomic mass is 16.5. The zero-order chi connectivity index (χ0) is 24.9. The summed E-state index contributed by atoms with van der Waals surface area (Å²) in [7, 11) is 1.51. The van der Waals surface area contributed by atoms with Gasteiger partial charge in [0.2, 0.25) is 11.3 Å². The molecule has 1 aliphatic heterocycles. The monoisotopic (exact) mass is 475 g/mol. The van der Waals surface area contributed by atoms with Gasteiger partial charge < -0.3 is 14.4 Å². The molecule has 1 aromatic heterocycles. The molecule has 0 saturated heterocycles. The smallest absolute Gasteiger partial charge is 0.278 e. The van der Waals surface area contributed by atoms with Crippen molar-refractivity contribution in [2.24, 2.45) is 0 Å². The van der Waals surface area contributed by atoms with Crippen LogP contribution in [0.5, 0.6) is 11.6 Å². The summed E-state index contributed by atoms with van der Waals surface area (Å²) < 4.78 is 13.3. The third-order valence-electron chi connectivity index (χ3n) is 6.24. The molecule has 0 unspecified atom stereocenters. The van der Waals surface area contributed by atoms with E-state index in [0.29, 0.717) is 19.2 Å². The van der Waals surface area contributed by atoms with E-state index in [9.17, 15) is 9.59 Å². The Labute approximate surface area is 206 Å². The fourth-order valence-corrected chi connectivity index (χ4v) is 4.43. The molecular formula is C28H33N3O4. The molecule has 0 N–H and O–H groups in total. The normalized spacial score (nSPS) is 13.4. The number of carbonyl (C=O) groups is 1. The molecule has 7 heteroatoms. The molecule has 4 rings (SSSR count). The minimum Gasteiger partial charge on any atom is -0.487 e. The Balaban J connectivity index is 1.99. The first-order chi connectivity index (χ1) is 17.0. The molecule has 0 radical (unpaired) electrons. The first kappa shape index (κ1) is 24.4. The highest BCUT2D eigenvalue weighted by molar-refractivity contribution is 5.96. The first-order valence-electron chi connectivity index (χ1n) is 12.1. The lowest BCUT2D eigenvalue weighted by atomic mass is 9.98. The number of hydrogen-bond donors (Lipinski definition) is 0. The molecule has 3 aromatic rings. The Bertz CT molecular complexity index is 1170. The quantitative estimate of drug-likeness (QED) is 0.424. The van der Waals surface area contributed by atoms with Gasteiger partial charge in [0, 0.05) is 6.04 Å². The summed E-state index contributed by atoms with van der Waals surface area (Å²) in [6.07, 6.45) is 1.70. The number of hydrogen-bond acceptors (Lipinski definition) is 5. The lowest BCUT2D eigenvalue weighted by molar-refractivity contribution is 0.0610. The van der Waals surface area contributed by atoms with E-state index in [0.717, 1.165) is 24.0 Å². The van der Waals surface area contributed by atoms with Crippen LogP contribution in [0.4, 0.5) is 0 Å². The van der Waals surface area contributed by atoms with Gasteiger partial charge in [0.15, 0.2) is 11.4 Å². The van der Waals surface area contributed by atoms with E-state index in [1.54, 1.807) is 9.58 Å². The number of aromatic nitrogens is 1. The van der Waals surface area contributed by atoms with E-state index in [1.807, 2.05) is 50.2 Å². The zero-order valence-electron chi connectivity index (χ0n) is 20.8. The van der Waals surface area contributed by atoms with Crippen LogP contribution in [-0.4, -0.2) is 41.9 Å². The van der Waals surface area contributed by atoms with Gasteiger partial charge in [-0.05, 0) is 31.4 Å². The van der Waals surface area contributed by atoms with Crippen molar-refractivity contribution in [1.29, 1.82) is 0 Å². The molecule has 7 nitrogen and oxygen atoms in total. The Morgan fingerprint density at radius 2 is 1.54 bits per heavy atom. The summed E-state index contributed by atoms with van der Waals surface area (Å²) >= 11 is 0. The summed E-state index contributed by atoms with van der Waals surface area (Å²) in [5.41, 5.74) is 1.94. The molecule has 2 aromatic carbocycles. The average Bonchev–Trinajstić information content (AvgIpc) is 2.87. The Morgan fingerprint density at radius 3 is 2.06 bits per heavy atom. The number of amides is 1. The summed E-state index contributed by atoms with van der Waals surface area (Å²) in [5, 5.41) is 2.08. The second-order valence-electron chi connectivity index (χ2n) is 8.92. The topological polar surface area (TPSA) is 64.0 Å². The van der Waals surface area contributed by atoms with E-state index >= 15 is 0 Å². The number of rotatable bonds is 9. The fraction of sp³-hybridized carbons (Fsp3) is 0.357. The molecule has 35 heavy (non-hydrogen) atoms. The molecule has 0 atom stereocenters. The Morgan fingerprint density at radius 1 is 0.943 bits per heavy atom. The number of pyridine rings is 1. The highest BCUT2D eigenvalue weighted by Crippen LogP contribution is 2.35. The molecule has 1 amide bonds. The molecule has 0 fully saturated rings. The van der Waals surface area contributed by atoms with E-state index in [-0.39, 0.29) is 34.9 Å². The number of ether oxygens (including phenoxy) is 2. The van der Waals surface area contributed by atoms with Crippen LogP contribution < -0.4 is 19.9 Å². The zero-order valence-corrected chi connectivity index (χ0v) is 20.8. The van der Waals surface area contributed by atoms with Gasteiger partial charge in [-0.25, -0.2) is 4.68 Å². The van der Waals surface area contributed by atoms with Crippen LogP contribution in [0, 0.1) is 0 Å². The summed E-state index contributed by atoms with van der Waals surface area (Å²) in [5.74, 6) is 0.111. The number of methoxy groups -OCH3 is 1. The molecular weight excluding hydrogens is 442 g/mol. The van der Waals surface area contributed by atoms with Crippen LogP contribution >= 0.6 is 0 Å². The third kappa shape index (κ3) is 4.76. The molecule has 0 bridgehead atoms. The van der Waals surface area contributed by atoms with Crippen LogP contribution in [0.15, 0.2) is 71.5 Å². The highest BCUT2D eigenvalue weighted by Gasteiger charge is 2.39. The molecule has 0 aliphatic carbocycles. The van der Waals surface area contributed by atoms with Crippen molar-refractivity contribution in [3.05, 3.63) is 93.8 Å². The maximum Gasteiger partial charge on any atom is 0.278 e. The molecule has 1 aliphatic rings. The van der Waals surface area contributed by atoms with E-state index in [4.69, 9.17) is 9.47 Å². The minimum absolute atomic E-state index is 0.0690. The fourth-order valence-electron chi connectivity index (χ4n) is 4.43. The van der Waals surface area contributed by atoms with Crippen LogP contribution in [0.3, 0.4) is 0 Å². The van der Waals surface area contributed by atoms with Gasteiger partial charge in [-0.1, -0.05) is 74.0 Å². The van der Waals surface area contributed by atoms with Gasteiger partial charge in [-0.15, -0.1) is 0 Å². The van der Waals surface area contributed by atoms with Gasteiger partial charge in [-0.3, -0.25) is 14.6 Å². The first-order valence-corrected chi connectivity index (χ1v) is 12.1. The van der Waals surface area contributed by atoms with Gasteiger partial charge >= 0.3 is 0 Å². The van der Waals surface area contributed by atoms with Gasteiger partial charge in [0.25, 0.3) is 5.91 Å². The number of fused-ring (bicyclic) bond motifs is 1. The summed E-state index contributed by atoms with van der Waals surface area (Å²) in [6, 6.07) is 21.3. The summed E-state index contributed by atoms with van der Waals surface area (Å²) in [6.45, 7) is 6.67. The van der Waals surface area contributed by atoms with Crippen LogP contribution in [-0.2, 0) is 0 Å². The molecule has 0 spiro atoms. The van der Waals surface area contributed by atoms with Crippen molar-refractivity contribution >= 4 is 5.91 Å². The van der Waals surface area contributed by atoms with E-state index in [1.165, 1.54) is 13.2 Å². The Hall–Kier alpha value is -3.74. The predicted molar refractivity (Wildman–Crippen MR) is 137 cm³/mol. The third-order valence-corrected chi connectivity index (χ3v) is 6.24. The summed E-state index contributed by atoms with van der Waals surface area (Å²) in [4.78, 5) is 28.6. The molecule has 2 heterocycles. The maximum atomic E-state index is 13.8. The predicted octanol–water partition coefficient (Wildman–Crippen LogP) is 4.59. The standard InChI is InChI=1S/C28H33N3O4/c1-5-6-17-35-27-23(32)18-24(34-4)31-26(27)28(33)29(20(2)3)19-30(31)25(21-13-9-7-10-14-21)22-15-11-8-12-16-22/h7-16,18,20,25H,5-6,17,19H2,1-4H3. The van der Waals surface area contributed by atoms with Crippen molar-refractivity contribution in [1.82, 2.24) is 9.58 Å². The van der Waals surface area contributed by atoms with Crippen molar-refractivity contribution in [2.45, 2.75) is 45.7 Å². The molecule has 0 saturated carbocycles. The van der Waals surface area contributed by atoms with Crippen molar-refractivity contribution in [3.63, 3.8) is 0 Å². The van der Waals surface area contributed by atoms with Gasteiger partial charge in [-0.2, -0.15) is 0 Å². The minimum atomic E-state index is -0.362. The second-order valence-corrected chi connectivity index (χ2v) is 8.92. The maximum absolute atomic E-state index is 13.8.